The Kier molecular flexibility index (Phi) is 5.71. The molecule has 1 aliphatic rings. The van der Waals surface area contributed by atoms with Gasteiger partial charge in [-0.05, 0) is 31.5 Å². The van der Waals surface area contributed by atoms with Gasteiger partial charge in [-0.15, -0.1) is 0 Å². The van der Waals surface area contributed by atoms with Crippen molar-refractivity contribution in [2.24, 2.45) is 5.73 Å². The third-order valence-electron chi connectivity index (χ3n) is 3.87. The predicted molar refractivity (Wildman–Crippen MR) is 89.9 cm³/mol. The lowest BCUT2D eigenvalue weighted by Gasteiger charge is -2.26. The molecular formula is C15H19ClN2O5S. The Labute approximate surface area is 145 Å². The van der Waals surface area contributed by atoms with E-state index in [0.29, 0.717) is 18.0 Å². The van der Waals surface area contributed by atoms with Crippen molar-refractivity contribution >= 4 is 33.3 Å². The van der Waals surface area contributed by atoms with Crippen LogP contribution in [0.4, 0.5) is 0 Å². The first-order valence-corrected chi connectivity index (χ1v) is 9.65. The lowest BCUT2D eigenvalue weighted by Crippen LogP contribution is -2.43. The summed E-state index contributed by atoms with van der Waals surface area (Å²) < 4.78 is 28.6. The third kappa shape index (κ3) is 4.39. The maximum Gasteiger partial charge on any atom is 0.260 e. The number of sulfone groups is 1. The minimum atomic E-state index is -3.08. The second-order valence-corrected chi connectivity index (χ2v) is 8.20. The largest absolute Gasteiger partial charge is 0.483 e. The number of carbonyl (C=O) groups is 2. The second kappa shape index (κ2) is 7.40. The number of nitrogens with zero attached hydrogens (tertiary/aromatic N) is 1. The summed E-state index contributed by atoms with van der Waals surface area (Å²) in [5.41, 5.74) is 5.35. The second-order valence-electron chi connectivity index (χ2n) is 5.53. The van der Waals surface area contributed by atoms with Gasteiger partial charge < -0.3 is 15.4 Å². The molecule has 0 aliphatic carbocycles. The van der Waals surface area contributed by atoms with E-state index in [1.54, 1.807) is 6.92 Å². The molecule has 7 nitrogen and oxygen atoms in total. The fourth-order valence-electron chi connectivity index (χ4n) is 2.70. The molecule has 2 N–H and O–H groups in total. The van der Waals surface area contributed by atoms with Gasteiger partial charge in [0.1, 0.15) is 5.75 Å². The van der Waals surface area contributed by atoms with Crippen LogP contribution in [-0.4, -0.2) is 55.8 Å². The van der Waals surface area contributed by atoms with Crippen LogP contribution in [0.25, 0.3) is 0 Å². The lowest BCUT2D eigenvalue weighted by molar-refractivity contribution is -0.135. The maximum atomic E-state index is 12.4. The Bertz CT molecular complexity index is 750. The highest BCUT2D eigenvalue weighted by Crippen LogP contribution is 2.23. The van der Waals surface area contributed by atoms with Crippen LogP contribution >= 0.6 is 11.6 Å². The minimum Gasteiger partial charge on any atom is -0.483 e. The van der Waals surface area contributed by atoms with Gasteiger partial charge >= 0.3 is 0 Å². The van der Waals surface area contributed by atoms with E-state index in [1.807, 2.05) is 0 Å². The molecule has 0 saturated carbocycles. The van der Waals surface area contributed by atoms with Crippen molar-refractivity contribution in [1.29, 1.82) is 0 Å². The number of halogens is 1. The maximum absolute atomic E-state index is 12.4. The summed E-state index contributed by atoms with van der Waals surface area (Å²) in [4.78, 5) is 25.3. The molecule has 9 heteroatoms. The van der Waals surface area contributed by atoms with E-state index in [9.17, 15) is 18.0 Å². The van der Waals surface area contributed by atoms with Gasteiger partial charge in [-0.1, -0.05) is 11.6 Å². The summed E-state index contributed by atoms with van der Waals surface area (Å²) in [6, 6.07) is 4.02. The average Bonchev–Trinajstić information content (AvgIpc) is 2.86. The van der Waals surface area contributed by atoms with E-state index in [-0.39, 0.29) is 41.4 Å². The van der Waals surface area contributed by atoms with Crippen LogP contribution in [0.5, 0.6) is 5.75 Å². The van der Waals surface area contributed by atoms with Crippen LogP contribution < -0.4 is 10.5 Å². The van der Waals surface area contributed by atoms with Crippen molar-refractivity contribution in [2.45, 2.75) is 19.4 Å². The molecule has 0 radical (unpaired) electrons. The molecule has 1 aromatic carbocycles. The number of rotatable bonds is 6. The smallest absolute Gasteiger partial charge is 0.260 e. The quantitative estimate of drug-likeness (QED) is 0.794. The zero-order valence-electron chi connectivity index (χ0n) is 13.2. The van der Waals surface area contributed by atoms with Gasteiger partial charge in [0, 0.05) is 17.6 Å². The highest BCUT2D eigenvalue weighted by Gasteiger charge is 2.34. The van der Waals surface area contributed by atoms with Gasteiger partial charge in [0.2, 0.25) is 0 Å². The number of primary amides is 1. The van der Waals surface area contributed by atoms with E-state index in [0.717, 1.165) is 0 Å². The van der Waals surface area contributed by atoms with E-state index in [1.165, 1.54) is 23.1 Å². The topological polar surface area (TPSA) is 107 Å². The molecule has 2 amide bonds. The molecule has 0 bridgehead atoms. The molecule has 1 aromatic rings. The third-order valence-corrected chi connectivity index (χ3v) is 5.85. The molecule has 0 spiro atoms. The first kappa shape index (κ1) is 18.5. The number of ether oxygens (including phenoxy) is 1. The van der Waals surface area contributed by atoms with Crippen LogP contribution in [-0.2, 0) is 14.6 Å². The highest BCUT2D eigenvalue weighted by molar-refractivity contribution is 7.91. The zero-order valence-corrected chi connectivity index (χ0v) is 14.8. The molecule has 132 valence electrons. The fourth-order valence-corrected chi connectivity index (χ4v) is 4.61. The number of amides is 2. The fraction of sp³-hybridized carbons (Fsp3) is 0.467. The lowest BCUT2D eigenvalue weighted by atomic mass is 10.2. The van der Waals surface area contributed by atoms with Crippen molar-refractivity contribution < 1.29 is 22.7 Å². The minimum absolute atomic E-state index is 0.0277. The van der Waals surface area contributed by atoms with Gasteiger partial charge in [-0.2, -0.15) is 0 Å². The van der Waals surface area contributed by atoms with Gasteiger partial charge in [-0.25, -0.2) is 8.42 Å². The normalized spacial score (nSPS) is 19.0. The Morgan fingerprint density at radius 1 is 1.42 bits per heavy atom. The SMILES string of the molecule is CCN(C(=O)COc1ccc(Cl)cc1C(N)=O)[C@H]1CCS(=O)(=O)C1. The molecule has 24 heavy (non-hydrogen) atoms. The Hall–Kier alpha value is -1.80. The molecule has 1 saturated heterocycles. The van der Waals surface area contributed by atoms with Crippen LogP contribution in [0.2, 0.25) is 5.02 Å². The standard InChI is InChI=1S/C15H19ClN2O5S/c1-2-18(11-5-6-24(21,22)9-11)14(19)8-23-13-4-3-10(16)7-12(13)15(17)20/h3-4,7,11H,2,5-6,8-9H2,1H3,(H2,17,20)/t11-/m0/s1. The first-order chi connectivity index (χ1) is 11.2. The summed E-state index contributed by atoms with van der Waals surface area (Å²) in [6.45, 7) is 1.85. The van der Waals surface area contributed by atoms with E-state index < -0.39 is 15.7 Å². The molecule has 0 unspecified atom stereocenters. The molecule has 1 atom stereocenters. The molecule has 0 aromatic heterocycles. The summed E-state index contributed by atoms with van der Waals surface area (Å²) in [6.07, 6.45) is 0.426. The van der Waals surface area contributed by atoms with Gasteiger partial charge in [-0.3, -0.25) is 9.59 Å². The van der Waals surface area contributed by atoms with Gasteiger partial charge in [0.25, 0.3) is 11.8 Å². The van der Waals surface area contributed by atoms with Crippen molar-refractivity contribution in [3.63, 3.8) is 0 Å². The summed E-state index contributed by atoms with van der Waals surface area (Å²) in [5.74, 6) is -0.833. The van der Waals surface area contributed by atoms with E-state index >= 15 is 0 Å². The number of nitrogens with two attached hydrogens (primary N) is 1. The number of hydrogen-bond donors (Lipinski definition) is 1. The van der Waals surface area contributed by atoms with Crippen LogP contribution in [0.1, 0.15) is 23.7 Å². The van der Waals surface area contributed by atoms with Crippen LogP contribution in [0.15, 0.2) is 18.2 Å². The Balaban J connectivity index is 2.06. The number of carbonyl (C=O) groups excluding carboxylic acids is 2. The van der Waals surface area contributed by atoms with Crippen molar-refractivity contribution in [1.82, 2.24) is 4.90 Å². The van der Waals surface area contributed by atoms with E-state index in [2.05, 4.69) is 0 Å². The monoisotopic (exact) mass is 374 g/mol. The molecule has 1 fully saturated rings. The van der Waals surface area contributed by atoms with Crippen LogP contribution in [0, 0.1) is 0 Å². The van der Waals surface area contributed by atoms with Crippen molar-refractivity contribution in [3.8, 4) is 5.75 Å². The van der Waals surface area contributed by atoms with Crippen molar-refractivity contribution in [2.75, 3.05) is 24.7 Å². The first-order valence-electron chi connectivity index (χ1n) is 7.45. The summed E-state index contributed by atoms with van der Waals surface area (Å²) >= 11 is 5.81. The summed E-state index contributed by atoms with van der Waals surface area (Å²) in [7, 11) is -3.08. The number of likely N-dealkylation sites (N-methyl/N-ethyl adjacent to an activating group) is 1. The van der Waals surface area contributed by atoms with E-state index in [4.69, 9.17) is 22.1 Å². The molecule has 1 heterocycles. The van der Waals surface area contributed by atoms with Crippen LogP contribution in [0.3, 0.4) is 0 Å². The van der Waals surface area contributed by atoms with Crippen molar-refractivity contribution in [3.05, 3.63) is 28.8 Å². The molecule has 2 rings (SSSR count). The van der Waals surface area contributed by atoms with Gasteiger partial charge in [0.05, 0.1) is 17.1 Å². The highest BCUT2D eigenvalue weighted by atomic mass is 35.5. The number of hydrogen-bond acceptors (Lipinski definition) is 5. The summed E-state index contributed by atoms with van der Waals surface area (Å²) in [5, 5.41) is 0.328. The Morgan fingerprint density at radius 2 is 2.12 bits per heavy atom. The molecular weight excluding hydrogens is 356 g/mol. The zero-order chi connectivity index (χ0) is 17.9. The van der Waals surface area contributed by atoms with Gasteiger partial charge in [0.15, 0.2) is 16.4 Å². The average molecular weight is 375 g/mol. The Morgan fingerprint density at radius 3 is 2.67 bits per heavy atom. The molecule has 1 aliphatic heterocycles. The predicted octanol–water partition coefficient (Wildman–Crippen LogP) is 0.853. The number of benzene rings is 1.